The first kappa shape index (κ1) is 12.2. The van der Waals surface area contributed by atoms with Gasteiger partial charge < -0.3 is 19.2 Å². The summed E-state index contributed by atoms with van der Waals surface area (Å²) in [5.74, 6) is -1.55. The summed E-state index contributed by atoms with van der Waals surface area (Å²) in [5.41, 5.74) is -0.205. The van der Waals surface area contributed by atoms with Crippen molar-refractivity contribution in [2.24, 2.45) is 0 Å². The molecule has 0 saturated carbocycles. The Bertz CT molecular complexity index is 504. The van der Waals surface area contributed by atoms with Gasteiger partial charge >= 0.3 is 11.9 Å². The van der Waals surface area contributed by atoms with Crippen molar-refractivity contribution in [1.29, 1.82) is 0 Å². The molecule has 1 aliphatic rings. The van der Waals surface area contributed by atoms with E-state index in [1.165, 1.54) is 20.0 Å². The fourth-order valence-corrected chi connectivity index (χ4v) is 1.43. The van der Waals surface area contributed by atoms with Gasteiger partial charge in [-0.2, -0.15) is 0 Å². The fraction of sp³-hybridized carbons (Fsp3) is 0.333. The molecule has 2 heterocycles. The van der Waals surface area contributed by atoms with Crippen molar-refractivity contribution >= 4 is 17.8 Å². The Morgan fingerprint density at radius 3 is 2.28 bits per heavy atom. The molecule has 18 heavy (non-hydrogen) atoms. The third-order valence-electron chi connectivity index (χ3n) is 2.22. The van der Waals surface area contributed by atoms with Crippen LogP contribution >= 0.6 is 0 Å². The molecule has 1 saturated heterocycles. The lowest BCUT2D eigenvalue weighted by molar-refractivity contribution is -0.222. The first-order valence-corrected chi connectivity index (χ1v) is 5.37. The first-order valence-electron chi connectivity index (χ1n) is 5.37. The summed E-state index contributed by atoms with van der Waals surface area (Å²) in [5, 5.41) is 2.69. The van der Waals surface area contributed by atoms with E-state index in [0.717, 1.165) is 0 Å². The molecule has 0 amide bonds. The highest BCUT2D eigenvalue weighted by molar-refractivity contribution is 6.15. The lowest BCUT2D eigenvalue weighted by Gasteiger charge is -2.29. The summed E-state index contributed by atoms with van der Waals surface area (Å²) in [7, 11) is 0. The largest absolute Gasteiger partial charge is 0.446 e. The van der Waals surface area contributed by atoms with Crippen molar-refractivity contribution in [1.82, 2.24) is 0 Å². The van der Waals surface area contributed by atoms with Crippen LogP contribution in [0.15, 0.2) is 28.3 Å². The van der Waals surface area contributed by atoms with E-state index in [1.54, 1.807) is 19.1 Å². The fourth-order valence-electron chi connectivity index (χ4n) is 1.43. The maximum atomic E-state index is 11.6. The number of esters is 2. The molecular weight excluding hydrogens is 238 g/mol. The van der Waals surface area contributed by atoms with Crippen molar-refractivity contribution < 1.29 is 23.5 Å². The highest BCUT2D eigenvalue weighted by Gasteiger charge is 2.38. The molecule has 0 atom stereocenters. The molecule has 0 spiro atoms. The van der Waals surface area contributed by atoms with E-state index >= 15 is 0 Å². The zero-order valence-electron chi connectivity index (χ0n) is 10.3. The first-order chi connectivity index (χ1) is 8.37. The summed E-state index contributed by atoms with van der Waals surface area (Å²) in [6.45, 7) is 4.76. The molecule has 1 aromatic rings. The van der Waals surface area contributed by atoms with Crippen molar-refractivity contribution in [2.75, 3.05) is 5.32 Å². The number of anilines is 1. The molecule has 0 bridgehead atoms. The number of carbonyl (C=O) groups is 2. The van der Waals surface area contributed by atoms with E-state index in [4.69, 9.17) is 13.9 Å². The zero-order chi connectivity index (χ0) is 13.3. The number of aryl methyl sites for hydroxylation is 1. The molecule has 1 aliphatic heterocycles. The van der Waals surface area contributed by atoms with E-state index in [1.807, 2.05) is 0 Å². The van der Waals surface area contributed by atoms with Crippen LogP contribution < -0.4 is 5.32 Å². The maximum absolute atomic E-state index is 11.6. The van der Waals surface area contributed by atoms with Gasteiger partial charge in [-0.25, -0.2) is 9.59 Å². The minimum absolute atomic E-state index is 0.205. The van der Waals surface area contributed by atoms with Crippen molar-refractivity contribution in [3.05, 3.63) is 29.7 Å². The number of ether oxygens (including phenoxy) is 2. The Kier molecular flexibility index (Phi) is 2.86. The van der Waals surface area contributed by atoms with Gasteiger partial charge in [0.05, 0.1) is 0 Å². The normalized spacial score (nSPS) is 18.1. The lowest BCUT2D eigenvalue weighted by Crippen LogP contribution is -2.42. The second-order valence-electron chi connectivity index (χ2n) is 4.29. The summed E-state index contributed by atoms with van der Waals surface area (Å²) in [6, 6.07) is 3.43. The van der Waals surface area contributed by atoms with Crippen LogP contribution in [0.5, 0.6) is 0 Å². The highest BCUT2D eigenvalue weighted by atomic mass is 16.7. The smallest absolute Gasteiger partial charge is 0.350 e. The number of hydrogen-bond donors (Lipinski definition) is 1. The molecule has 1 aromatic heterocycles. The molecular formula is C12H13NO5. The van der Waals surface area contributed by atoms with Gasteiger partial charge in [-0.1, -0.05) is 0 Å². The maximum Gasteiger partial charge on any atom is 0.350 e. The second kappa shape index (κ2) is 4.21. The van der Waals surface area contributed by atoms with E-state index < -0.39 is 17.7 Å². The zero-order valence-corrected chi connectivity index (χ0v) is 10.3. The molecule has 0 aromatic carbocycles. The predicted molar refractivity (Wildman–Crippen MR) is 61.4 cm³/mol. The summed E-state index contributed by atoms with van der Waals surface area (Å²) in [4.78, 5) is 23.2. The number of cyclic esters (lactones) is 2. The highest BCUT2D eigenvalue weighted by Crippen LogP contribution is 2.22. The standard InChI is InChI=1S/C12H13NO5/c1-7-4-5-9(16-7)13-6-8-10(14)17-12(2,3)18-11(8)15/h4-6,13H,1-3H3. The van der Waals surface area contributed by atoms with E-state index in [-0.39, 0.29) is 5.57 Å². The van der Waals surface area contributed by atoms with Gasteiger partial charge in [-0.3, -0.25) is 0 Å². The minimum Gasteiger partial charge on any atom is -0.446 e. The number of furan rings is 1. The van der Waals surface area contributed by atoms with E-state index in [0.29, 0.717) is 11.6 Å². The average Bonchev–Trinajstić information content (AvgIpc) is 2.61. The molecule has 2 rings (SSSR count). The quantitative estimate of drug-likeness (QED) is 0.490. The molecule has 0 radical (unpaired) electrons. The van der Waals surface area contributed by atoms with Crippen molar-refractivity contribution in [3.63, 3.8) is 0 Å². The Morgan fingerprint density at radius 2 is 1.78 bits per heavy atom. The SMILES string of the molecule is Cc1ccc(NC=C2C(=O)OC(C)(C)OC2=O)o1. The lowest BCUT2D eigenvalue weighted by atomic mass is 10.2. The average molecular weight is 251 g/mol. The van der Waals surface area contributed by atoms with Crippen LogP contribution in [0.4, 0.5) is 5.88 Å². The molecule has 1 fully saturated rings. The molecule has 6 heteroatoms. The number of hydrogen-bond acceptors (Lipinski definition) is 6. The van der Waals surface area contributed by atoms with Crippen LogP contribution in [-0.2, 0) is 19.1 Å². The Labute approximate surface area is 104 Å². The third-order valence-corrected chi connectivity index (χ3v) is 2.22. The van der Waals surface area contributed by atoms with Gasteiger partial charge in [0, 0.05) is 26.1 Å². The number of carbonyl (C=O) groups excluding carboxylic acids is 2. The Morgan fingerprint density at radius 1 is 1.17 bits per heavy atom. The van der Waals surface area contributed by atoms with E-state index in [9.17, 15) is 9.59 Å². The van der Waals surface area contributed by atoms with Crippen LogP contribution in [0.2, 0.25) is 0 Å². The van der Waals surface area contributed by atoms with Crippen LogP contribution in [-0.4, -0.2) is 17.7 Å². The summed E-state index contributed by atoms with van der Waals surface area (Å²) < 4.78 is 15.1. The van der Waals surface area contributed by atoms with Crippen LogP contribution in [0.25, 0.3) is 0 Å². The molecule has 1 N–H and O–H groups in total. The monoisotopic (exact) mass is 251 g/mol. The molecule has 96 valence electrons. The Hall–Kier alpha value is -2.24. The van der Waals surface area contributed by atoms with Crippen molar-refractivity contribution in [2.45, 2.75) is 26.6 Å². The van der Waals surface area contributed by atoms with Crippen LogP contribution in [0.1, 0.15) is 19.6 Å². The van der Waals surface area contributed by atoms with Crippen molar-refractivity contribution in [3.8, 4) is 0 Å². The predicted octanol–water partition coefficient (Wildman–Crippen LogP) is 1.72. The summed E-state index contributed by atoms with van der Waals surface area (Å²) >= 11 is 0. The van der Waals surface area contributed by atoms with Crippen LogP contribution in [0, 0.1) is 6.92 Å². The van der Waals surface area contributed by atoms with Gasteiger partial charge in [0.15, 0.2) is 11.5 Å². The number of nitrogens with one attached hydrogen (secondary N) is 1. The molecule has 0 aliphatic carbocycles. The van der Waals surface area contributed by atoms with Gasteiger partial charge in [0.25, 0.3) is 5.79 Å². The minimum atomic E-state index is -1.23. The molecule has 0 unspecified atom stereocenters. The van der Waals surface area contributed by atoms with Gasteiger partial charge in [-0.05, 0) is 13.0 Å². The second-order valence-corrected chi connectivity index (χ2v) is 4.29. The van der Waals surface area contributed by atoms with E-state index in [2.05, 4.69) is 5.32 Å². The topological polar surface area (TPSA) is 77.8 Å². The summed E-state index contributed by atoms with van der Waals surface area (Å²) in [6.07, 6.45) is 1.21. The van der Waals surface area contributed by atoms with Crippen LogP contribution in [0.3, 0.4) is 0 Å². The Balaban J connectivity index is 2.13. The molecule has 6 nitrogen and oxygen atoms in total. The van der Waals surface area contributed by atoms with Gasteiger partial charge in [-0.15, -0.1) is 0 Å². The number of rotatable bonds is 2. The van der Waals surface area contributed by atoms with Gasteiger partial charge in [0.2, 0.25) is 0 Å². The third kappa shape index (κ3) is 2.53. The van der Waals surface area contributed by atoms with Gasteiger partial charge in [0.1, 0.15) is 5.76 Å².